The highest BCUT2D eigenvalue weighted by Gasteiger charge is 2.43. The fourth-order valence-electron chi connectivity index (χ4n) is 6.48. The minimum Gasteiger partial charge on any atom is -0.466 e. The van der Waals surface area contributed by atoms with E-state index in [2.05, 4.69) is 15.1 Å². The number of amides is 1. The zero-order valence-corrected chi connectivity index (χ0v) is 26.6. The van der Waals surface area contributed by atoms with Crippen molar-refractivity contribution in [2.75, 3.05) is 18.6 Å². The molecule has 5 rings (SSSR count). The van der Waals surface area contributed by atoms with E-state index in [-0.39, 0.29) is 36.5 Å². The summed E-state index contributed by atoms with van der Waals surface area (Å²) < 4.78 is 94.6. The third-order valence-corrected chi connectivity index (χ3v) is 8.96. The molecule has 10 nitrogen and oxygen atoms in total. The molecule has 3 heterocycles. The summed E-state index contributed by atoms with van der Waals surface area (Å²) >= 11 is 0. The van der Waals surface area contributed by atoms with E-state index in [1.165, 1.54) is 29.3 Å². The summed E-state index contributed by atoms with van der Waals surface area (Å²) in [7, 11) is 2.95. The number of alkyl halides is 6. The minimum absolute atomic E-state index is 0.00525. The van der Waals surface area contributed by atoms with Gasteiger partial charge in [0.2, 0.25) is 12.1 Å². The third-order valence-electron chi connectivity index (χ3n) is 8.96. The number of nitrogens with zero attached hydrogens (tertiary/aromatic N) is 6. The number of aryl methyl sites for hydroxylation is 1. The van der Waals surface area contributed by atoms with Crippen LogP contribution in [-0.2, 0) is 40.2 Å². The quantitative estimate of drug-likeness (QED) is 0.183. The number of hydrogen-bond acceptors (Lipinski definition) is 8. The molecule has 1 saturated carbocycles. The van der Waals surface area contributed by atoms with Crippen LogP contribution >= 0.6 is 0 Å². The zero-order valence-electron chi connectivity index (χ0n) is 26.6. The molecular formula is C32H36F6N6O4. The summed E-state index contributed by atoms with van der Waals surface area (Å²) in [5.41, 5.74) is -1.85. The summed E-state index contributed by atoms with van der Waals surface area (Å²) in [4.78, 5) is 38.0. The van der Waals surface area contributed by atoms with Crippen molar-refractivity contribution in [3.05, 3.63) is 59.7 Å². The molecule has 0 spiro atoms. The largest absolute Gasteiger partial charge is 0.466 e. The Morgan fingerprint density at radius 3 is 2.12 bits per heavy atom. The van der Waals surface area contributed by atoms with E-state index < -0.39 is 60.3 Å². The van der Waals surface area contributed by atoms with Crippen LogP contribution in [0.4, 0.5) is 37.1 Å². The molecule has 1 aromatic carbocycles. The van der Waals surface area contributed by atoms with Crippen LogP contribution in [0.25, 0.3) is 11.1 Å². The molecule has 260 valence electrons. The molecule has 2 fully saturated rings. The van der Waals surface area contributed by atoms with E-state index in [0.717, 1.165) is 12.8 Å². The van der Waals surface area contributed by atoms with Crippen LogP contribution in [0.5, 0.6) is 0 Å². The molecule has 1 aliphatic carbocycles. The third kappa shape index (κ3) is 7.84. The van der Waals surface area contributed by atoms with Crippen LogP contribution in [0.2, 0.25) is 0 Å². The number of anilines is 1. The molecule has 2 aliphatic rings. The monoisotopic (exact) mass is 682 g/mol. The van der Waals surface area contributed by atoms with Gasteiger partial charge in [-0.15, -0.1) is 0 Å². The zero-order chi connectivity index (χ0) is 34.8. The first-order valence-corrected chi connectivity index (χ1v) is 15.6. The molecule has 0 bridgehead atoms. The maximum atomic E-state index is 13.7. The van der Waals surface area contributed by atoms with Gasteiger partial charge in [0.15, 0.2) is 0 Å². The molecule has 0 N–H and O–H groups in total. The van der Waals surface area contributed by atoms with Gasteiger partial charge in [0, 0.05) is 61.8 Å². The second-order valence-electron chi connectivity index (χ2n) is 12.2. The second kappa shape index (κ2) is 14.0. The van der Waals surface area contributed by atoms with E-state index in [4.69, 9.17) is 9.47 Å². The number of carbonyl (C=O) groups is 2. The molecule has 48 heavy (non-hydrogen) atoms. The normalized spacial score (nSPS) is 19.4. The lowest BCUT2D eigenvalue weighted by atomic mass is 10.0. The van der Waals surface area contributed by atoms with Crippen LogP contribution in [0.3, 0.4) is 0 Å². The number of methoxy groups -OCH3 is 1. The Balaban J connectivity index is 1.48. The van der Waals surface area contributed by atoms with Gasteiger partial charge in [-0.05, 0) is 49.4 Å². The van der Waals surface area contributed by atoms with Gasteiger partial charge < -0.3 is 19.3 Å². The fraction of sp³-hybridized carbons (Fsp3) is 0.531. The summed E-state index contributed by atoms with van der Waals surface area (Å²) in [5.74, 6) is -0.804. The van der Waals surface area contributed by atoms with Crippen molar-refractivity contribution in [3.63, 3.8) is 0 Å². The van der Waals surface area contributed by atoms with Crippen molar-refractivity contribution < 1.29 is 45.4 Å². The number of benzene rings is 1. The van der Waals surface area contributed by atoms with E-state index in [1.807, 2.05) is 6.92 Å². The van der Waals surface area contributed by atoms with Crippen molar-refractivity contribution in [1.82, 2.24) is 24.6 Å². The van der Waals surface area contributed by atoms with E-state index in [9.17, 15) is 35.9 Å². The molecular weight excluding hydrogens is 646 g/mol. The van der Waals surface area contributed by atoms with Gasteiger partial charge in [-0.1, -0.05) is 19.8 Å². The number of carbonyl (C=O) groups excluding carboxylic acids is 2. The summed E-state index contributed by atoms with van der Waals surface area (Å²) in [6, 6.07) is 0.392. The maximum Gasteiger partial charge on any atom is 0.416 e. The Bertz CT molecular complexity index is 1560. The average molecular weight is 683 g/mol. The Hall–Kier alpha value is -4.37. The number of esters is 1. The molecule has 2 aromatic heterocycles. The summed E-state index contributed by atoms with van der Waals surface area (Å²) in [6.07, 6.45) is -1.67. The van der Waals surface area contributed by atoms with Gasteiger partial charge >= 0.3 is 24.4 Å². The SMILES string of the molecule is CC[C@@H]1C[C@H](N(Cc2cc(C(F)(F)F)cc(C(F)(F)F)c2)c2ncc(-c3cnn(C)c3)cn2)CN1C(=O)OC(C(=O)OC)C1CCCC1. The maximum absolute atomic E-state index is 13.7. The van der Waals surface area contributed by atoms with Gasteiger partial charge in [-0.25, -0.2) is 19.6 Å². The number of hydrogen-bond donors (Lipinski definition) is 0. The van der Waals surface area contributed by atoms with Gasteiger partial charge in [-0.3, -0.25) is 4.68 Å². The predicted molar refractivity (Wildman–Crippen MR) is 160 cm³/mol. The van der Waals surface area contributed by atoms with Gasteiger partial charge in [0.25, 0.3) is 0 Å². The standard InChI is InChI=1S/C32H36F6N6O4/c1-4-25-12-26(18-44(25)30(46)48-27(28(45)47-3)20-7-5-6-8-20)43(29-39-13-21(14-40-29)22-15-41-42(2)17-22)16-19-9-23(31(33,34)35)11-24(10-19)32(36,37)38/h9-11,13-15,17,20,25-27H,4-8,12,16,18H2,1-3H3/t25-,26+,27?/m1/s1. The number of ether oxygens (including phenoxy) is 2. The molecule has 1 saturated heterocycles. The van der Waals surface area contributed by atoms with E-state index in [0.29, 0.717) is 42.5 Å². The van der Waals surface area contributed by atoms with Gasteiger partial charge in [0.1, 0.15) is 0 Å². The lowest BCUT2D eigenvalue weighted by molar-refractivity contribution is -0.154. The molecule has 1 aliphatic heterocycles. The van der Waals surface area contributed by atoms with Crippen molar-refractivity contribution in [1.29, 1.82) is 0 Å². The smallest absolute Gasteiger partial charge is 0.416 e. The predicted octanol–water partition coefficient (Wildman–Crippen LogP) is 6.64. The molecule has 0 radical (unpaired) electrons. The highest BCUT2D eigenvalue weighted by atomic mass is 19.4. The van der Waals surface area contributed by atoms with Gasteiger partial charge in [0.05, 0.1) is 30.5 Å². The number of rotatable bonds is 9. The minimum atomic E-state index is -5.03. The van der Waals surface area contributed by atoms with Crippen molar-refractivity contribution in [3.8, 4) is 11.1 Å². The number of aromatic nitrogens is 4. The highest BCUT2D eigenvalue weighted by molar-refractivity contribution is 5.79. The lowest BCUT2D eigenvalue weighted by Gasteiger charge is -2.30. The van der Waals surface area contributed by atoms with E-state index >= 15 is 0 Å². The molecule has 16 heteroatoms. The summed E-state index contributed by atoms with van der Waals surface area (Å²) in [6.45, 7) is 1.42. The van der Waals surface area contributed by atoms with Gasteiger partial charge in [-0.2, -0.15) is 31.4 Å². The Kier molecular flexibility index (Phi) is 10.2. The Morgan fingerprint density at radius 1 is 0.979 bits per heavy atom. The number of halogens is 6. The molecule has 1 unspecified atom stereocenters. The van der Waals surface area contributed by atoms with Crippen molar-refractivity contribution in [2.45, 2.75) is 82.5 Å². The van der Waals surface area contributed by atoms with Crippen LogP contribution in [-0.4, -0.2) is 68.6 Å². The number of likely N-dealkylation sites (tertiary alicyclic amines) is 1. The topological polar surface area (TPSA) is 103 Å². The first-order valence-electron chi connectivity index (χ1n) is 15.6. The first-order chi connectivity index (χ1) is 22.7. The van der Waals surface area contributed by atoms with E-state index in [1.54, 1.807) is 24.1 Å². The van der Waals surface area contributed by atoms with Crippen LogP contribution < -0.4 is 4.90 Å². The van der Waals surface area contributed by atoms with Crippen LogP contribution in [0.15, 0.2) is 43.0 Å². The average Bonchev–Trinajstić information content (AvgIpc) is 3.83. The van der Waals surface area contributed by atoms with Crippen LogP contribution in [0.1, 0.15) is 62.1 Å². The lowest BCUT2D eigenvalue weighted by Crippen LogP contribution is -2.44. The Labute approximate surface area is 273 Å². The fourth-order valence-corrected chi connectivity index (χ4v) is 6.48. The second-order valence-corrected chi connectivity index (χ2v) is 12.2. The van der Waals surface area contributed by atoms with Crippen molar-refractivity contribution in [2.24, 2.45) is 13.0 Å². The van der Waals surface area contributed by atoms with Crippen LogP contribution in [0, 0.1) is 5.92 Å². The molecule has 3 atom stereocenters. The summed E-state index contributed by atoms with van der Waals surface area (Å²) in [5, 5.41) is 4.12. The Morgan fingerprint density at radius 2 is 1.60 bits per heavy atom. The molecule has 3 aromatic rings. The molecule has 1 amide bonds. The first kappa shape index (κ1) is 35.0. The van der Waals surface area contributed by atoms with Crippen molar-refractivity contribution >= 4 is 18.0 Å². The highest BCUT2D eigenvalue weighted by Crippen LogP contribution is 2.38.